The van der Waals surface area contributed by atoms with Gasteiger partial charge in [0.25, 0.3) is 5.91 Å². The molecule has 4 rings (SSSR count). The first kappa shape index (κ1) is 23.4. The summed E-state index contributed by atoms with van der Waals surface area (Å²) in [5.41, 5.74) is 0.466. The Morgan fingerprint density at radius 2 is 1.66 bits per heavy atom. The summed E-state index contributed by atoms with van der Waals surface area (Å²) in [5, 5.41) is 5.67. The summed E-state index contributed by atoms with van der Waals surface area (Å²) in [5.74, 6) is -0.320. The minimum absolute atomic E-state index is 0.200. The zero-order valence-corrected chi connectivity index (χ0v) is 18.0. The summed E-state index contributed by atoms with van der Waals surface area (Å²) >= 11 is 0. The van der Waals surface area contributed by atoms with Crippen LogP contribution in [-0.4, -0.2) is 21.8 Å². The number of fused-ring (bicyclic) bond motifs is 1. The van der Waals surface area contributed by atoms with Gasteiger partial charge in [0, 0.05) is 29.0 Å². The first-order valence-electron chi connectivity index (χ1n) is 10.2. The number of rotatable bonds is 6. The Kier molecular flexibility index (Phi) is 6.45. The minimum Gasteiger partial charge on any atom is -0.457 e. The number of carbonyl (C=O) groups excluding carboxylic acids is 2. The number of anilines is 2. The van der Waals surface area contributed by atoms with Gasteiger partial charge in [0.1, 0.15) is 17.3 Å². The predicted molar refractivity (Wildman–Crippen MR) is 124 cm³/mol. The van der Waals surface area contributed by atoms with E-state index in [9.17, 15) is 22.8 Å². The summed E-state index contributed by atoms with van der Waals surface area (Å²) in [7, 11) is 0. The Balaban J connectivity index is 1.50. The van der Waals surface area contributed by atoms with E-state index >= 15 is 0 Å². The number of alkyl halides is 3. The molecule has 0 bridgehead atoms. The third-order valence-corrected chi connectivity index (χ3v) is 4.83. The zero-order chi connectivity index (χ0) is 25.0. The molecule has 0 unspecified atom stereocenters. The number of halogens is 3. The van der Waals surface area contributed by atoms with Crippen LogP contribution in [0.4, 0.5) is 24.7 Å². The normalized spacial score (nSPS) is 11.1. The number of nitrogens with one attached hydrogen (secondary N) is 2. The van der Waals surface area contributed by atoms with E-state index in [0.717, 1.165) is 24.4 Å². The summed E-state index contributed by atoms with van der Waals surface area (Å²) < 4.78 is 44.5. The number of aromatic nitrogens is 2. The molecule has 2 heterocycles. The van der Waals surface area contributed by atoms with Crippen molar-refractivity contribution >= 4 is 34.2 Å². The molecule has 0 spiro atoms. The molecule has 2 aromatic heterocycles. The number of hydrogen-bond donors (Lipinski definition) is 2. The highest BCUT2D eigenvalue weighted by Gasteiger charge is 2.30. The minimum atomic E-state index is -4.55. The fraction of sp³-hybridized carbons (Fsp3) is 0.0400. The number of nitrogens with zero attached hydrogens (tertiary/aromatic N) is 2. The molecule has 2 aromatic carbocycles. The molecule has 2 amide bonds. The average Bonchev–Trinajstić information content (AvgIpc) is 2.84. The van der Waals surface area contributed by atoms with E-state index in [-0.39, 0.29) is 17.3 Å². The van der Waals surface area contributed by atoms with Gasteiger partial charge in [-0.1, -0.05) is 6.58 Å². The van der Waals surface area contributed by atoms with Gasteiger partial charge < -0.3 is 15.4 Å². The summed E-state index contributed by atoms with van der Waals surface area (Å²) in [4.78, 5) is 32.1. The maximum Gasteiger partial charge on any atom is 0.416 e. The molecule has 0 aliphatic rings. The first-order valence-corrected chi connectivity index (χ1v) is 10.2. The maximum atomic E-state index is 12.9. The number of carbonyl (C=O) groups is 2. The van der Waals surface area contributed by atoms with Gasteiger partial charge in [0.2, 0.25) is 5.91 Å². The van der Waals surface area contributed by atoms with E-state index in [1.165, 1.54) is 12.1 Å². The highest BCUT2D eigenvalue weighted by Crippen LogP contribution is 2.32. The predicted octanol–water partition coefficient (Wildman–Crippen LogP) is 5.82. The Labute approximate surface area is 197 Å². The number of pyridine rings is 2. The van der Waals surface area contributed by atoms with Gasteiger partial charge in [-0.2, -0.15) is 13.2 Å². The first-order chi connectivity index (χ1) is 16.7. The van der Waals surface area contributed by atoms with Crippen LogP contribution in [0.2, 0.25) is 0 Å². The number of amides is 2. The van der Waals surface area contributed by atoms with Crippen LogP contribution in [-0.2, 0) is 11.0 Å². The number of ether oxygens (including phenoxy) is 1. The second-order valence-corrected chi connectivity index (χ2v) is 7.24. The van der Waals surface area contributed by atoms with Crippen LogP contribution < -0.4 is 15.4 Å². The van der Waals surface area contributed by atoms with Crippen molar-refractivity contribution < 1.29 is 27.5 Å². The molecule has 35 heavy (non-hydrogen) atoms. The van der Waals surface area contributed by atoms with Crippen LogP contribution >= 0.6 is 0 Å². The summed E-state index contributed by atoms with van der Waals surface area (Å²) in [6.07, 6.45) is -0.839. The molecule has 176 valence electrons. The number of benzene rings is 2. The van der Waals surface area contributed by atoms with Crippen molar-refractivity contribution in [3.8, 4) is 11.5 Å². The maximum absolute atomic E-state index is 12.9. The molecule has 7 nitrogen and oxygen atoms in total. The topological polar surface area (TPSA) is 93.2 Å². The van der Waals surface area contributed by atoms with Crippen molar-refractivity contribution in [1.82, 2.24) is 9.97 Å². The molecule has 0 fully saturated rings. The Morgan fingerprint density at radius 1 is 0.914 bits per heavy atom. The summed E-state index contributed by atoms with van der Waals surface area (Å²) in [6, 6.07) is 14.4. The average molecular weight is 478 g/mol. The molecule has 0 aliphatic heterocycles. The Morgan fingerprint density at radius 3 is 2.37 bits per heavy atom. The third-order valence-electron chi connectivity index (χ3n) is 4.83. The second-order valence-electron chi connectivity index (χ2n) is 7.24. The van der Waals surface area contributed by atoms with Crippen molar-refractivity contribution in [2.75, 3.05) is 10.6 Å². The number of hydrogen-bond acceptors (Lipinski definition) is 5. The Bertz CT molecular complexity index is 1420. The van der Waals surface area contributed by atoms with E-state index < -0.39 is 17.6 Å². The van der Waals surface area contributed by atoms with Gasteiger partial charge in [-0.25, -0.2) is 4.98 Å². The van der Waals surface area contributed by atoms with Gasteiger partial charge in [-0.05, 0) is 66.7 Å². The lowest BCUT2D eigenvalue weighted by atomic mass is 10.1. The smallest absolute Gasteiger partial charge is 0.416 e. The van der Waals surface area contributed by atoms with Crippen molar-refractivity contribution in [3.63, 3.8) is 0 Å². The van der Waals surface area contributed by atoms with Gasteiger partial charge in [0.15, 0.2) is 0 Å². The van der Waals surface area contributed by atoms with Crippen molar-refractivity contribution in [2.45, 2.75) is 6.18 Å². The SMILES string of the molecule is C=CC(=O)Nc1ccc2nccc(Oc3ccc(C(=O)Nc4cc(C(F)(F)F)ccn4)cc3)c2c1. The van der Waals surface area contributed by atoms with E-state index in [0.29, 0.717) is 28.1 Å². The van der Waals surface area contributed by atoms with Crippen LogP contribution in [0.15, 0.2) is 85.7 Å². The largest absolute Gasteiger partial charge is 0.457 e. The molecule has 0 saturated carbocycles. The molecule has 0 saturated heterocycles. The quantitative estimate of drug-likeness (QED) is 0.341. The zero-order valence-electron chi connectivity index (χ0n) is 18.0. The van der Waals surface area contributed by atoms with Crippen molar-refractivity contribution in [3.05, 3.63) is 96.8 Å². The summed E-state index contributed by atoms with van der Waals surface area (Å²) in [6.45, 7) is 3.42. The van der Waals surface area contributed by atoms with Crippen LogP contribution in [0.3, 0.4) is 0 Å². The van der Waals surface area contributed by atoms with Crippen molar-refractivity contribution in [2.24, 2.45) is 0 Å². The van der Waals surface area contributed by atoms with Crippen molar-refractivity contribution in [1.29, 1.82) is 0 Å². The van der Waals surface area contributed by atoms with E-state index in [1.807, 2.05) is 0 Å². The molecular weight excluding hydrogens is 461 g/mol. The lowest BCUT2D eigenvalue weighted by molar-refractivity contribution is -0.137. The second kappa shape index (κ2) is 9.64. The lowest BCUT2D eigenvalue weighted by Crippen LogP contribution is -2.14. The third kappa shape index (κ3) is 5.61. The van der Waals surface area contributed by atoms with Crippen LogP contribution in [0.5, 0.6) is 11.5 Å². The highest BCUT2D eigenvalue weighted by atomic mass is 19.4. The monoisotopic (exact) mass is 478 g/mol. The van der Waals surface area contributed by atoms with E-state index in [1.54, 1.807) is 42.6 Å². The van der Waals surface area contributed by atoms with E-state index in [4.69, 9.17) is 4.74 Å². The van der Waals surface area contributed by atoms with Crippen LogP contribution in [0.25, 0.3) is 10.9 Å². The molecule has 2 N–H and O–H groups in total. The molecule has 10 heteroatoms. The van der Waals surface area contributed by atoms with Gasteiger partial charge in [0.05, 0.1) is 11.1 Å². The Hall–Kier alpha value is -4.73. The van der Waals surface area contributed by atoms with E-state index in [2.05, 4.69) is 27.2 Å². The van der Waals surface area contributed by atoms with Gasteiger partial charge in [-0.15, -0.1) is 0 Å². The molecule has 4 aromatic rings. The molecule has 0 atom stereocenters. The fourth-order valence-corrected chi connectivity index (χ4v) is 3.15. The lowest BCUT2D eigenvalue weighted by Gasteiger charge is -2.11. The van der Waals surface area contributed by atoms with Gasteiger partial charge >= 0.3 is 6.18 Å². The van der Waals surface area contributed by atoms with Gasteiger partial charge in [-0.3, -0.25) is 14.6 Å². The van der Waals surface area contributed by atoms with Crippen LogP contribution in [0.1, 0.15) is 15.9 Å². The highest BCUT2D eigenvalue weighted by molar-refractivity contribution is 6.04. The molecular formula is C25H17F3N4O3. The molecule has 0 radical (unpaired) electrons. The van der Waals surface area contributed by atoms with Crippen LogP contribution in [0, 0.1) is 0 Å². The fourth-order valence-electron chi connectivity index (χ4n) is 3.15. The molecule has 0 aliphatic carbocycles. The standard InChI is InChI=1S/C25H17F3N4O3/c1-2-23(33)31-17-5-8-20-19(14-17)21(10-12-29-20)35-18-6-3-15(4-7-18)24(34)32-22-13-16(9-11-30-22)25(26,27)28/h2-14H,1H2,(H,31,33)(H,30,32,34).